The zero-order valence-electron chi connectivity index (χ0n) is 18.4. The Labute approximate surface area is 199 Å². The maximum Gasteiger partial charge on any atom is 0.288 e. The first-order valence-corrected chi connectivity index (χ1v) is 11.1. The number of benzene rings is 2. The van der Waals surface area contributed by atoms with E-state index in [9.17, 15) is 19.7 Å². The van der Waals surface area contributed by atoms with Crippen LogP contribution in [0, 0.1) is 16.0 Å². The van der Waals surface area contributed by atoms with Crippen LogP contribution in [0.5, 0.6) is 0 Å². The minimum Gasteiger partial charge on any atom is -0.340 e. The minimum absolute atomic E-state index is 0.0345. The van der Waals surface area contributed by atoms with Gasteiger partial charge in [-0.1, -0.05) is 25.4 Å². The van der Waals surface area contributed by atoms with Crippen molar-refractivity contribution in [1.29, 1.82) is 0 Å². The molecule has 176 valence electrons. The van der Waals surface area contributed by atoms with Crippen molar-refractivity contribution in [2.24, 2.45) is 5.92 Å². The third-order valence-corrected chi connectivity index (χ3v) is 5.76. The number of rotatable bonds is 8. The van der Waals surface area contributed by atoms with Gasteiger partial charge in [-0.05, 0) is 65.6 Å². The van der Waals surface area contributed by atoms with Gasteiger partial charge < -0.3 is 10.6 Å². The Hall–Kier alpha value is -3.86. The van der Waals surface area contributed by atoms with Crippen molar-refractivity contribution in [2.75, 3.05) is 5.32 Å². The van der Waals surface area contributed by atoms with E-state index in [1.807, 2.05) is 12.1 Å². The zero-order chi connectivity index (χ0) is 24.4. The van der Waals surface area contributed by atoms with Crippen molar-refractivity contribution in [3.8, 4) is 11.4 Å². The third-order valence-electron chi connectivity index (χ3n) is 5.44. The molecular formula is C22H22ClN7O4. The first-order valence-electron chi connectivity index (χ1n) is 10.7. The summed E-state index contributed by atoms with van der Waals surface area (Å²) in [4.78, 5) is 36.1. The van der Waals surface area contributed by atoms with Gasteiger partial charge in [-0.2, -0.15) is 0 Å². The molecule has 4 rings (SSSR count). The first kappa shape index (κ1) is 23.3. The second-order valence-corrected chi connectivity index (χ2v) is 8.77. The second-order valence-electron chi connectivity index (χ2n) is 8.36. The highest BCUT2D eigenvalue weighted by Gasteiger charge is 2.29. The molecule has 11 nitrogen and oxygen atoms in total. The van der Waals surface area contributed by atoms with Crippen LogP contribution in [0.4, 0.5) is 11.4 Å². The number of nitrogens with zero attached hydrogens (tertiary/aromatic N) is 5. The van der Waals surface area contributed by atoms with Gasteiger partial charge in [0.25, 0.3) is 11.6 Å². The number of hydrogen-bond acceptors (Lipinski definition) is 7. The van der Waals surface area contributed by atoms with E-state index in [0.29, 0.717) is 17.6 Å². The molecule has 1 fully saturated rings. The summed E-state index contributed by atoms with van der Waals surface area (Å²) in [6.07, 6.45) is 2.11. The van der Waals surface area contributed by atoms with E-state index >= 15 is 0 Å². The number of anilines is 1. The molecule has 0 radical (unpaired) electrons. The molecule has 34 heavy (non-hydrogen) atoms. The van der Waals surface area contributed by atoms with Gasteiger partial charge in [0.05, 0.1) is 11.0 Å². The third kappa shape index (κ3) is 5.04. The minimum atomic E-state index is -0.871. The highest BCUT2D eigenvalue weighted by atomic mass is 35.5. The molecule has 1 atom stereocenters. The lowest BCUT2D eigenvalue weighted by Gasteiger charge is -2.22. The van der Waals surface area contributed by atoms with Crippen LogP contribution in [-0.2, 0) is 4.79 Å². The normalized spacial score (nSPS) is 14.0. The molecule has 0 bridgehead atoms. The Morgan fingerprint density at radius 2 is 1.88 bits per heavy atom. The predicted octanol–water partition coefficient (Wildman–Crippen LogP) is 3.63. The van der Waals surface area contributed by atoms with Crippen LogP contribution < -0.4 is 10.6 Å². The molecule has 2 N–H and O–H groups in total. The van der Waals surface area contributed by atoms with Crippen LogP contribution >= 0.6 is 11.6 Å². The van der Waals surface area contributed by atoms with Crippen LogP contribution in [0.3, 0.4) is 0 Å². The summed E-state index contributed by atoms with van der Waals surface area (Å²) in [5, 5.41) is 28.4. The summed E-state index contributed by atoms with van der Waals surface area (Å²) in [5.41, 5.74) is 1.02. The van der Waals surface area contributed by atoms with Gasteiger partial charge in [-0.25, -0.2) is 4.68 Å². The molecule has 12 heteroatoms. The van der Waals surface area contributed by atoms with Gasteiger partial charge in [-0.3, -0.25) is 19.7 Å². The molecule has 1 unspecified atom stereocenters. The van der Waals surface area contributed by atoms with Gasteiger partial charge in [0.2, 0.25) is 5.91 Å². The fourth-order valence-electron chi connectivity index (χ4n) is 3.42. The van der Waals surface area contributed by atoms with E-state index in [0.717, 1.165) is 24.5 Å². The summed E-state index contributed by atoms with van der Waals surface area (Å²) in [7, 11) is 0. The first-order chi connectivity index (χ1) is 16.2. The number of carbonyl (C=O) groups is 2. The lowest BCUT2D eigenvalue weighted by molar-refractivity contribution is -0.384. The van der Waals surface area contributed by atoms with Crippen LogP contribution in [-0.4, -0.2) is 43.0 Å². The fraction of sp³-hybridized carbons (Fsp3) is 0.318. The Morgan fingerprint density at radius 3 is 2.50 bits per heavy atom. The van der Waals surface area contributed by atoms with E-state index in [4.69, 9.17) is 11.6 Å². The number of amides is 2. The molecule has 1 saturated carbocycles. The van der Waals surface area contributed by atoms with Crippen molar-refractivity contribution in [2.45, 2.75) is 38.8 Å². The van der Waals surface area contributed by atoms with Crippen molar-refractivity contribution in [1.82, 2.24) is 25.5 Å². The molecule has 2 amide bonds. The summed E-state index contributed by atoms with van der Waals surface area (Å²) in [6.45, 7) is 3.57. The smallest absolute Gasteiger partial charge is 0.288 e. The number of tetrazole rings is 1. The Kier molecular flexibility index (Phi) is 6.55. The van der Waals surface area contributed by atoms with Gasteiger partial charge in [0.1, 0.15) is 11.1 Å². The topological polar surface area (TPSA) is 145 Å². The van der Waals surface area contributed by atoms with Crippen LogP contribution in [0.15, 0.2) is 42.5 Å². The number of hydrogen-bond donors (Lipinski definition) is 2. The largest absolute Gasteiger partial charge is 0.340 e. The number of halogens is 1. The van der Waals surface area contributed by atoms with Crippen molar-refractivity contribution >= 4 is 34.8 Å². The van der Waals surface area contributed by atoms with E-state index in [1.165, 1.54) is 12.1 Å². The number of carbonyl (C=O) groups excluding carboxylic acids is 2. The number of nitro groups is 1. The molecular weight excluding hydrogens is 462 g/mol. The van der Waals surface area contributed by atoms with E-state index < -0.39 is 22.8 Å². The maximum atomic E-state index is 12.9. The number of aromatic nitrogens is 4. The standard InChI is InChI=1S/C22H22ClN7O4/c1-12(2)19(25-21(31)14-5-10-17(23)18(11-14)30(33)34)22(32)24-15-6-3-13(4-7-15)20-26-27-28-29(20)16-8-9-16/h3-7,10-12,16,19H,8-9H2,1-2H3,(H,24,32)(H,25,31). The lowest BCUT2D eigenvalue weighted by Crippen LogP contribution is -2.47. The van der Waals surface area contributed by atoms with Crippen molar-refractivity contribution < 1.29 is 14.5 Å². The van der Waals surface area contributed by atoms with Gasteiger partial charge in [-0.15, -0.1) is 5.10 Å². The van der Waals surface area contributed by atoms with Gasteiger partial charge in [0, 0.05) is 22.9 Å². The monoisotopic (exact) mass is 483 g/mol. The van der Waals surface area contributed by atoms with Gasteiger partial charge >= 0.3 is 0 Å². The lowest BCUT2D eigenvalue weighted by atomic mass is 10.0. The number of nitro benzene ring substituents is 1. The predicted molar refractivity (Wildman–Crippen MR) is 124 cm³/mol. The Morgan fingerprint density at radius 1 is 1.18 bits per heavy atom. The maximum absolute atomic E-state index is 12.9. The molecule has 0 saturated heterocycles. The average Bonchev–Trinajstić information content (AvgIpc) is 3.53. The number of nitrogens with one attached hydrogen (secondary N) is 2. The molecule has 0 spiro atoms. The molecule has 2 aromatic carbocycles. The summed E-state index contributed by atoms with van der Waals surface area (Å²) < 4.78 is 1.80. The summed E-state index contributed by atoms with van der Waals surface area (Å²) in [5.74, 6) is -0.600. The summed E-state index contributed by atoms with van der Waals surface area (Å²) in [6, 6.07) is 10.3. The molecule has 0 aliphatic heterocycles. The van der Waals surface area contributed by atoms with E-state index in [1.54, 1.807) is 30.7 Å². The fourth-order valence-corrected chi connectivity index (χ4v) is 3.61. The van der Waals surface area contributed by atoms with Crippen molar-refractivity contribution in [3.05, 3.63) is 63.2 Å². The van der Waals surface area contributed by atoms with Crippen LogP contribution in [0.1, 0.15) is 43.1 Å². The Bertz CT molecular complexity index is 1240. The summed E-state index contributed by atoms with van der Waals surface area (Å²) >= 11 is 5.81. The SMILES string of the molecule is CC(C)C(NC(=O)c1ccc(Cl)c([N+](=O)[O-])c1)C(=O)Nc1ccc(-c2nnnn2C2CC2)cc1. The van der Waals surface area contributed by atoms with Gasteiger partial charge in [0.15, 0.2) is 5.82 Å². The quantitative estimate of drug-likeness (QED) is 0.367. The van der Waals surface area contributed by atoms with Crippen LogP contribution in [0.25, 0.3) is 11.4 Å². The van der Waals surface area contributed by atoms with Crippen molar-refractivity contribution in [3.63, 3.8) is 0 Å². The van der Waals surface area contributed by atoms with Crippen LogP contribution in [0.2, 0.25) is 5.02 Å². The highest BCUT2D eigenvalue weighted by Crippen LogP contribution is 2.36. The Balaban J connectivity index is 1.45. The molecule has 1 aliphatic carbocycles. The molecule has 1 aliphatic rings. The van der Waals surface area contributed by atoms with E-state index in [2.05, 4.69) is 26.2 Å². The highest BCUT2D eigenvalue weighted by molar-refractivity contribution is 6.32. The average molecular weight is 484 g/mol. The molecule has 1 aromatic heterocycles. The zero-order valence-corrected chi connectivity index (χ0v) is 19.2. The molecule has 1 heterocycles. The second kappa shape index (κ2) is 9.56. The molecule has 3 aromatic rings. The van der Waals surface area contributed by atoms with E-state index in [-0.39, 0.29) is 22.2 Å².